The van der Waals surface area contributed by atoms with Gasteiger partial charge in [0.2, 0.25) is 0 Å². The Morgan fingerprint density at radius 1 is 1.12 bits per heavy atom. The van der Waals surface area contributed by atoms with Gasteiger partial charge in [-0.3, -0.25) is 4.79 Å². The average molecular weight is 331 g/mol. The summed E-state index contributed by atoms with van der Waals surface area (Å²) in [6, 6.07) is 0. The van der Waals surface area contributed by atoms with E-state index in [1.165, 1.54) is 25.7 Å². The molecule has 0 aromatic heterocycles. The second-order valence-corrected chi connectivity index (χ2v) is 9.55. The molecule has 134 valence electrons. The molecule has 4 saturated carbocycles. The van der Waals surface area contributed by atoms with E-state index in [1.807, 2.05) is 7.11 Å². The number of methoxy groups -OCH3 is 1. The summed E-state index contributed by atoms with van der Waals surface area (Å²) in [7, 11) is 1.91. The highest BCUT2D eigenvalue weighted by Crippen LogP contribution is 2.67. The fourth-order valence-electron chi connectivity index (χ4n) is 7.56. The number of ether oxygens (including phenoxy) is 1. The lowest BCUT2D eigenvalue weighted by molar-refractivity contribution is -0.167. The van der Waals surface area contributed by atoms with Gasteiger partial charge in [0.25, 0.3) is 0 Å². The van der Waals surface area contributed by atoms with Gasteiger partial charge in [-0.05, 0) is 80.0 Å². The summed E-state index contributed by atoms with van der Waals surface area (Å²) in [5, 5.41) is 0. The van der Waals surface area contributed by atoms with Gasteiger partial charge in [-0.1, -0.05) is 25.5 Å². The Morgan fingerprint density at radius 3 is 2.62 bits per heavy atom. The molecule has 0 aliphatic heterocycles. The normalized spacial score (nSPS) is 52.8. The number of ketones is 1. The van der Waals surface area contributed by atoms with Crippen molar-refractivity contribution in [3.05, 3.63) is 11.6 Å². The van der Waals surface area contributed by atoms with Crippen molar-refractivity contribution in [2.75, 3.05) is 7.11 Å². The minimum Gasteiger partial charge on any atom is -0.381 e. The minimum absolute atomic E-state index is 0.361. The van der Waals surface area contributed by atoms with Crippen LogP contribution in [0.4, 0.5) is 0 Å². The Kier molecular flexibility index (Phi) is 3.99. The molecule has 0 saturated heterocycles. The van der Waals surface area contributed by atoms with Gasteiger partial charge < -0.3 is 4.74 Å². The highest BCUT2D eigenvalue weighted by Gasteiger charge is 2.61. The van der Waals surface area contributed by atoms with Crippen LogP contribution in [0.25, 0.3) is 0 Å². The maximum atomic E-state index is 12.1. The molecule has 0 spiro atoms. The maximum absolute atomic E-state index is 12.1. The quantitative estimate of drug-likeness (QED) is 0.620. The van der Waals surface area contributed by atoms with Gasteiger partial charge in [0.05, 0.1) is 6.10 Å². The van der Waals surface area contributed by atoms with Gasteiger partial charge in [0, 0.05) is 20.0 Å². The van der Waals surface area contributed by atoms with Crippen LogP contribution in [0.5, 0.6) is 0 Å². The number of carbonyl (C=O) groups is 1. The van der Waals surface area contributed by atoms with Crippen LogP contribution in [-0.4, -0.2) is 19.0 Å². The van der Waals surface area contributed by atoms with Crippen LogP contribution in [0.1, 0.15) is 72.1 Å². The fourth-order valence-corrected chi connectivity index (χ4v) is 7.56. The van der Waals surface area contributed by atoms with E-state index in [0.717, 1.165) is 37.5 Å². The maximum Gasteiger partial charge on any atom is 0.133 e. The largest absolute Gasteiger partial charge is 0.381 e. The first-order chi connectivity index (χ1) is 11.4. The summed E-state index contributed by atoms with van der Waals surface area (Å²) in [6.45, 7) is 7.28. The molecule has 4 aliphatic carbocycles. The lowest BCUT2D eigenvalue weighted by Crippen LogP contribution is -2.58. The highest BCUT2D eigenvalue weighted by molar-refractivity contribution is 5.79. The molecule has 0 radical (unpaired) electrons. The van der Waals surface area contributed by atoms with E-state index in [9.17, 15) is 4.79 Å². The number of fused-ring (bicyclic) bond motifs is 5. The van der Waals surface area contributed by atoms with Gasteiger partial charge in [0.15, 0.2) is 0 Å². The summed E-state index contributed by atoms with van der Waals surface area (Å²) in [4.78, 5) is 12.1. The second kappa shape index (κ2) is 5.69. The summed E-state index contributed by atoms with van der Waals surface area (Å²) in [6.07, 6.45) is 11.9. The molecule has 0 aromatic rings. The molecule has 0 bridgehead atoms. The number of Topliss-reactive ketones (excluding diaryl/α,β-unsaturated/α-hetero) is 1. The van der Waals surface area contributed by atoms with E-state index in [0.29, 0.717) is 34.6 Å². The molecular formula is C22H34O2. The number of carbonyl (C=O) groups excluding carboxylic acids is 1. The zero-order valence-corrected chi connectivity index (χ0v) is 15.9. The Morgan fingerprint density at radius 2 is 1.92 bits per heavy atom. The van der Waals surface area contributed by atoms with E-state index < -0.39 is 0 Å². The van der Waals surface area contributed by atoms with Crippen molar-refractivity contribution < 1.29 is 9.53 Å². The predicted octanol–water partition coefficient (Wildman–Crippen LogP) is 5.17. The van der Waals surface area contributed by atoms with Crippen molar-refractivity contribution in [3.8, 4) is 0 Å². The SMILES string of the molecule is C/C=C1/CC[C@H]2[C@@H]3[C@H](OC)C[C@H]4CC(=O)CC[C@]4(C)[C@H]3CC[C@]12C. The van der Waals surface area contributed by atoms with Crippen LogP contribution < -0.4 is 0 Å². The third-order valence-corrected chi connectivity index (χ3v) is 8.97. The van der Waals surface area contributed by atoms with Crippen LogP contribution in [0.15, 0.2) is 11.6 Å². The molecular weight excluding hydrogens is 296 g/mol. The number of hydrogen-bond acceptors (Lipinski definition) is 2. The molecule has 0 aromatic carbocycles. The minimum atomic E-state index is 0.361. The molecule has 2 heteroatoms. The van der Waals surface area contributed by atoms with Crippen molar-refractivity contribution >= 4 is 5.78 Å². The first-order valence-corrected chi connectivity index (χ1v) is 10.1. The summed E-state index contributed by atoms with van der Waals surface area (Å²) >= 11 is 0. The monoisotopic (exact) mass is 330 g/mol. The number of allylic oxidation sites excluding steroid dienone is 2. The van der Waals surface area contributed by atoms with Gasteiger partial charge in [-0.15, -0.1) is 0 Å². The molecule has 4 aliphatic rings. The van der Waals surface area contributed by atoms with E-state index >= 15 is 0 Å². The van der Waals surface area contributed by atoms with Crippen molar-refractivity contribution in [1.82, 2.24) is 0 Å². The number of rotatable bonds is 1. The molecule has 0 heterocycles. The highest BCUT2D eigenvalue weighted by atomic mass is 16.5. The van der Waals surface area contributed by atoms with Gasteiger partial charge in [0.1, 0.15) is 5.78 Å². The van der Waals surface area contributed by atoms with Crippen LogP contribution in [0, 0.1) is 34.5 Å². The first kappa shape index (κ1) is 16.8. The Balaban J connectivity index is 1.71. The van der Waals surface area contributed by atoms with Crippen molar-refractivity contribution in [1.29, 1.82) is 0 Å². The second-order valence-electron chi connectivity index (χ2n) is 9.55. The standard InChI is InChI=1S/C22H34O2/c1-5-14-6-7-17-20-18(9-11-21(14,17)2)22(3)10-8-16(23)12-15(22)13-19(20)24-4/h5,15,17-20H,6-13H2,1-4H3/b14-5-/t15-,17+,18+,19-,20+,21-,22+/m1/s1. The topological polar surface area (TPSA) is 26.3 Å². The van der Waals surface area contributed by atoms with Gasteiger partial charge in [-0.2, -0.15) is 0 Å². The van der Waals surface area contributed by atoms with E-state index in [2.05, 4.69) is 26.8 Å². The fraction of sp³-hybridized carbons (Fsp3) is 0.864. The molecule has 0 unspecified atom stereocenters. The number of hydrogen-bond donors (Lipinski definition) is 0. The molecule has 0 N–H and O–H groups in total. The summed E-state index contributed by atoms with van der Waals surface area (Å²) < 4.78 is 6.08. The lowest BCUT2D eigenvalue weighted by atomic mass is 9.44. The Hall–Kier alpha value is -0.630. The van der Waals surface area contributed by atoms with Crippen molar-refractivity contribution in [2.24, 2.45) is 34.5 Å². The average Bonchev–Trinajstić information content (AvgIpc) is 2.91. The lowest BCUT2D eigenvalue weighted by Gasteiger charge is -2.61. The van der Waals surface area contributed by atoms with Gasteiger partial charge >= 0.3 is 0 Å². The zero-order valence-electron chi connectivity index (χ0n) is 15.9. The van der Waals surface area contributed by atoms with Crippen LogP contribution in [-0.2, 0) is 9.53 Å². The molecule has 4 fully saturated rings. The van der Waals surface area contributed by atoms with Crippen molar-refractivity contribution in [2.45, 2.75) is 78.2 Å². The molecule has 4 rings (SSSR count). The van der Waals surface area contributed by atoms with Crippen LogP contribution >= 0.6 is 0 Å². The first-order valence-electron chi connectivity index (χ1n) is 10.1. The molecule has 7 atom stereocenters. The molecule has 24 heavy (non-hydrogen) atoms. The summed E-state index contributed by atoms with van der Waals surface area (Å²) in [5.74, 6) is 3.27. The van der Waals surface area contributed by atoms with E-state index in [1.54, 1.807) is 5.57 Å². The smallest absolute Gasteiger partial charge is 0.133 e. The van der Waals surface area contributed by atoms with E-state index in [4.69, 9.17) is 4.74 Å². The van der Waals surface area contributed by atoms with E-state index in [-0.39, 0.29) is 0 Å². The predicted molar refractivity (Wildman–Crippen MR) is 96.7 cm³/mol. The summed E-state index contributed by atoms with van der Waals surface area (Å²) in [5.41, 5.74) is 2.47. The molecule has 2 nitrogen and oxygen atoms in total. The Labute approximate surface area is 147 Å². The zero-order chi connectivity index (χ0) is 17.1. The Bertz CT molecular complexity index is 564. The van der Waals surface area contributed by atoms with Crippen molar-refractivity contribution in [3.63, 3.8) is 0 Å². The van der Waals surface area contributed by atoms with Gasteiger partial charge in [-0.25, -0.2) is 0 Å². The third kappa shape index (κ3) is 2.14. The van der Waals surface area contributed by atoms with Crippen LogP contribution in [0.2, 0.25) is 0 Å². The third-order valence-electron chi connectivity index (χ3n) is 8.97. The van der Waals surface area contributed by atoms with Crippen LogP contribution in [0.3, 0.4) is 0 Å². The molecule has 0 amide bonds.